The Balaban J connectivity index is 2.02. The summed E-state index contributed by atoms with van der Waals surface area (Å²) in [5.74, 6) is 3.19. The van der Waals surface area contributed by atoms with E-state index in [-0.39, 0.29) is 5.60 Å². The highest BCUT2D eigenvalue weighted by molar-refractivity contribution is 5.37. The van der Waals surface area contributed by atoms with Crippen molar-refractivity contribution in [3.8, 4) is 23.0 Å². The van der Waals surface area contributed by atoms with Gasteiger partial charge in [-0.1, -0.05) is 0 Å². The minimum Gasteiger partial charge on any atom is -0.497 e. The summed E-state index contributed by atoms with van der Waals surface area (Å²) in [7, 11) is 1.64. The van der Waals surface area contributed by atoms with Crippen molar-refractivity contribution in [1.29, 1.82) is 0 Å². The summed E-state index contributed by atoms with van der Waals surface area (Å²) in [4.78, 5) is 0. The molecular weight excluding hydrogens is 252 g/mol. The largest absolute Gasteiger partial charge is 0.497 e. The fraction of sp³-hybridized carbons (Fsp3) is 0.294. The zero-order valence-corrected chi connectivity index (χ0v) is 12.3. The zero-order valence-electron chi connectivity index (χ0n) is 12.3. The van der Waals surface area contributed by atoms with Crippen molar-refractivity contribution >= 4 is 0 Å². The average Bonchev–Trinajstić information content (AvgIpc) is 2.40. The van der Waals surface area contributed by atoms with Gasteiger partial charge in [0, 0.05) is 0 Å². The highest BCUT2D eigenvalue weighted by atomic mass is 16.5. The molecule has 0 spiro atoms. The molecular formula is C17H20O3. The minimum absolute atomic E-state index is 0.196. The molecule has 0 N–H and O–H groups in total. The summed E-state index contributed by atoms with van der Waals surface area (Å²) in [6.07, 6.45) is 0. The fourth-order valence-corrected chi connectivity index (χ4v) is 1.71. The lowest BCUT2D eigenvalue weighted by molar-refractivity contribution is 0.131. The Morgan fingerprint density at radius 1 is 0.650 bits per heavy atom. The molecule has 3 nitrogen and oxygen atoms in total. The second-order valence-electron chi connectivity index (χ2n) is 5.46. The van der Waals surface area contributed by atoms with Gasteiger partial charge in [-0.3, -0.25) is 0 Å². The SMILES string of the molecule is COc1ccc(Oc2ccc(OC(C)(C)C)cc2)cc1. The molecule has 0 aliphatic carbocycles. The van der Waals surface area contributed by atoms with E-state index < -0.39 is 0 Å². The Morgan fingerprint density at radius 2 is 1.05 bits per heavy atom. The van der Waals surface area contributed by atoms with Gasteiger partial charge < -0.3 is 14.2 Å². The number of rotatable bonds is 4. The lowest BCUT2D eigenvalue weighted by atomic mass is 10.2. The molecule has 106 valence electrons. The second-order valence-corrected chi connectivity index (χ2v) is 5.46. The van der Waals surface area contributed by atoms with Gasteiger partial charge in [0.05, 0.1) is 7.11 Å². The Bertz CT molecular complexity index is 536. The minimum atomic E-state index is -0.196. The number of methoxy groups -OCH3 is 1. The summed E-state index contributed by atoms with van der Waals surface area (Å²) in [6.45, 7) is 6.07. The van der Waals surface area contributed by atoms with Crippen molar-refractivity contribution in [1.82, 2.24) is 0 Å². The molecule has 0 aliphatic rings. The number of hydrogen-bond donors (Lipinski definition) is 0. The summed E-state index contributed by atoms with van der Waals surface area (Å²) >= 11 is 0. The van der Waals surface area contributed by atoms with Crippen molar-refractivity contribution in [2.24, 2.45) is 0 Å². The van der Waals surface area contributed by atoms with Gasteiger partial charge in [0.15, 0.2) is 0 Å². The van der Waals surface area contributed by atoms with Crippen LogP contribution >= 0.6 is 0 Å². The van der Waals surface area contributed by atoms with Crippen molar-refractivity contribution in [2.45, 2.75) is 26.4 Å². The molecule has 2 aromatic rings. The van der Waals surface area contributed by atoms with Crippen LogP contribution in [0.1, 0.15) is 20.8 Å². The van der Waals surface area contributed by atoms with Crippen molar-refractivity contribution in [3.05, 3.63) is 48.5 Å². The molecule has 0 atom stereocenters. The van der Waals surface area contributed by atoms with Crippen LogP contribution in [0.15, 0.2) is 48.5 Å². The molecule has 2 aromatic carbocycles. The molecule has 0 bridgehead atoms. The third-order valence-electron chi connectivity index (χ3n) is 2.54. The first-order valence-corrected chi connectivity index (χ1v) is 6.57. The molecule has 0 heterocycles. The first kappa shape index (κ1) is 14.3. The van der Waals surface area contributed by atoms with E-state index in [9.17, 15) is 0 Å². The fourth-order valence-electron chi connectivity index (χ4n) is 1.71. The van der Waals surface area contributed by atoms with Gasteiger partial charge in [-0.25, -0.2) is 0 Å². The van der Waals surface area contributed by atoms with Crippen LogP contribution in [0.4, 0.5) is 0 Å². The molecule has 0 amide bonds. The molecule has 0 fully saturated rings. The molecule has 0 aliphatic heterocycles. The van der Waals surface area contributed by atoms with Crippen LogP contribution in [0.25, 0.3) is 0 Å². The van der Waals surface area contributed by atoms with E-state index >= 15 is 0 Å². The third kappa shape index (κ3) is 4.19. The van der Waals surface area contributed by atoms with E-state index in [1.54, 1.807) is 7.11 Å². The monoisotopic (exact) mass is 272 g/mol. The normalized spacial score (nSPS) is 11.0. The zero-order chi connectivity index (χ0) is 14.6. The van der Waals surface area contributed by atoms with Crippen molar-refractivity contribution in [2.75, 3.05) is 7.11 Å². The maximum absolute atomic E-state index is 5.77. The maximum Gasteiger partial charge on any atom is 0.127 e. The molecule has 0 saturated carbocycles. The van der Waals surface area contributed by atoms with Crippen LogP contribution in [-0.4, -0.2) is 12.7 Å². The topological polar surface area (TPSA) is 27.7 Å². The Kier molecular flexibility index (Phi) is 4.18. The quantitative estimate of drug-likeness (QED) is 0.809. The van der Waals surface area contributed by atoms with Crippen LogP contribution < -0.4 is 14.2 Å². The van der Waals surface area contributed by atoms with Crippen molar-refractivity contribution in [3.63, 3.8) is 0 Å². The molecule has 2 rings (SSSR count). The lowest BCUT2D eigenvalue weighted by Gasteiger charge is -2.21. The predicted molar refractivity (Wildman–Crippen MR) is 79.9 cm³/mol. The van der Waals surface area contributed by atoms with E-state index in [0.29, 0.717) is 0 Å². The number of benzene rings is 2. The van der Waals surface area contributed by atoms with Crippen LogP contribution in [0.3, 0.4) is 0 Å². The van der Waals surface area contributed by atoms with Gasteiger partial charge in [0.2, 0.25) is 0 Å². The standard InChI is InChI=1S/C17H20O3/c1-17(2,3)20-16-11-9-15(10-12-16)19-14-7-5-13(18-4)6-8-14/h5-12H,1-4H3. The van der Waals surface area contributed by atoms with Crippen LogP contribution in [0.5, 0.6) is 23.0 Å². The smallest absolute Gasteiger partial charge is 0.127 e. The molecule has 0 unspecified atom stereocenters. The number of ether oxygens (including phenoxy) is 3. The molecule has 0 aromatic heterocycles. The summed E-state index contributed by atoms with van der Waals surface area (Å²) in [6, 6.07) is 15.1. The van der Waals surface area contributed by atoms with E-state index in [4.69, 9.17) is 14.2 Å². The maximum atomic E-state index is 5.77. The summed E-state index contributed by atoms with van der Waals surface area (Å²) in [5, 5.41) is 0. The predicted octanol–water partition coefficient (Wildman–Crippen LogP) is 4.66. The van der Waals surface area contributed by atoms with Gasteiger partial charge in [0.25, 0.3) is 0 Å². The van der Waals surface area contributed by atoms with E-state index in [0.717, 1.165) is 23.0 Å². The summed E-state index contributed by atoms with van der Waals surface area (Å²) in [5.41, 5.74) is -0.196. The number of hydrogen-bond acceptors (Lipinski definition) is 3. The van der Waals surface area contributed by atoms with Gasteiger partial charge in [0.1, 0.15) is 28.6 Å². The van der Waals surface area contributed by atoms with Crippen LogP contribution in [0, 0.1) is 0 Å². The molecule has 0 radical (unpaired) electrons. The highest BCUT2D eigenvalue weighted by Gasteiger charge is 2.11. The third-order valence-corrected chi connectivity index (χ3v) is 2.54. The van der Waals surface area contributed by atoms with E-state index in [2.05, 4.69) is 0 Å². The molecule has 3 heteroatoms. The molecule has 0 saturated heterocycles. The Morgan fingerprint density at radius 3 is 1.45 bits per heavy atom. The van der Waals surface area contributed by atoms with Crippen molar-refractivity contribution < 1.29 is 14.2 Å². The van der Waals surface area contributed by atoms with E-state index in [1.807, 2.05) is 69.3 Å². The lowest BCUT2D eigenvalue weighted by Crippen LogP contribution is -2.22. The van der Waals surface area contributed by atoms with Gasteiger partial charge in [-0.15, -0.1) is 0 Å². The van der Waals surface area contributed by atoms with Crippen LogP contribution in [-0.2, 0) is 0 Å². The first-order valence-electron chi connectivity index (χ1n) is 6.57. The van der Waals surface area contributed by atoms with Gasteiger partial charge in [-0.2, -0.15) is 0 Å². The first-order chi connectivity index (χ1) is 9.46. The Labute approximate surface area is 120 Å². The van der Waals surface area contributed by atoms with E-state index in [1.165, 1.54) is 0 Å². The average molecular weight is 272 g/mol. The second kappa shape index (κ2) is 5.87. The Hall–Kier alpha value is -2.16. The molecule has 20 heavy (non-hydrogen) atoms. The summed E-state index contributed by atoms with van der Waals surface area (Å²) < 4.78 is 16.6. The van der Waals surface area contributed by atoms with Crippen LogP contribution in [0.2, 0.25) is 0 Å². The van der Waals surface area contributed by atoms with Gasteiger partial charge in [-0.05, 0) is 69.3 Å². The van der Waals surface area contributed by atoms with Gasteiger partial charge >= 0.3 is 0 Å². The highest BCUT2D eigenvalue weighted by Crippen LogP contribution is 2.26.